The van der Waals surface area contributed by atoms with Crippen LogP contribution in [0, 0.1) is 11.3 Å². The van der Waals surface area contributed by atoms with E-state index in [0.29, 0.717) is 39.8 Å². The maximum absolute atomic E-state index is 12.4. The number of anilines is 1. The van der Waals surface area contributed by atoms with Gasteiger partial charge in [-0.05, 0) is 91.8 Å². The van der Waals surface area contributed by atoms with E-state index in [1.165, 1.54) is 17.6 Å². The highest BCUT2D eigenvalue weighted by atomic mass is 32.1. The molecule has 2 N–H and O–H groups in total. The van der Waals surface area contributed by atoms with E-state index in [1.54, 1.807) is 48.5 Å². The van der Waals surface area contributed by atoms with E-state index in [1.807, 2.05) is 6.92 Å². The Bertz CT molecular complexity index is 1390. The predicted octanol–water partition coefficient (Wildman–Crippen LogP) is 4.60. The molecule has 9 nitrogen and oxygen atoms in total. The molecule has 194 valence electrons. The van der Waals surface area contributed by atoms with Crippen molar-refractivity contribution in [2.75, 3.05) is 11.9 Å². The molecular formula is C28H26N4O5S. The molecule has 0 radical (unpaired) electrons. The summed E-state index contributed by atoms with van der Waals surface area (Å²) in [6.45, 7) is 2.62. The van der Waals surface area contributed by atoms with E-state index in [2.05, 4.69) is 21.9 Å². The van der Waals surface area contributed by atoms with E-state index < -0.39 is 17.8 Å². The van der Waals surface area contributed by atoms with Crippen molar-refractivity contribution >= 4 is 40.3 Å². The smallest absolute Gasteiger partial charge is 0.343 e. The number of amides is 2. The molecule has 1 aromatic heterocycles. The number of nitrogens with one attached hydrogen (secondary N) is 2. The number of fused-ring (bicyclic) bond motifs is 1. The molecule has 38 heavy (non-hydrogen) atoms. The molecule has 10 heteroatoms. The van der Waals surface area contributed by atoms with Crippen LogP contribution in [0.5, 0.6) is 11.5 Å². The van der Waals surface area contributed by atoms with E-state index in [4.69, 9.17) is 9.47 Å². The third-order valence-electron chi connectivity index (χ3n) is 5.75. The minimum Gasteiger partial charge on any atom is -0.494 e. The Morgan fingerprint density at radius 1 is 1.03 bits per heavy atom. The SMILES string of the molecule is CCCOc1ccc(C(=O)Oc2ccc(/C=N\NC(=O)C(=O)Nc3sc4c(c3C#N)CCCC4)cc2)cc1. The maximum atomic E-state index is 12.4. The molecule has 1 aliphatic carbocycles. The number of carbonyl (C=O) groups excluding carboxylic acids is 3. The summed E-state index contributed by atoms with van der Waals surface area (Å²) < 4.78 is 10.9. The first-order chi connectivity index (χ1) is 18.5. The fraction of sp³-hybridized carbons (Fsp3) is 0.250. The lowest BCUT2D eigenvalue weighted by atomic mass is 9.96. The molecule has 0 unspecified atom stereocenters. The average Bonchev–Trinajstić information content (AvgIpc) is 3.29. The summed E-state index contributed by atoms with van der Waals surface area (Å²) in [5.41, 5.74) is 4.60. The molecule has 3 aromatic rings. The number of thiophene rings is 1. The third-order valence-corrected chi connectivity index (χ3v) is 6.96. The number of hydrogen-bond acceptors (Lipinski definition) is 8. The molecule has 0 spiro atoms. The number of carbonyl (C=O) groups is 3. The van der Waals surface area contributed by atoms with Crippen molar-refractivity contribution < 1.29 is 23.9 Å². The molecule has 1 aliphatic rings. The van der Waals surface area contributed by atoms with Crippen LogP contribution >= 0.6 is 11.3 Å². The largest absolute Gasteiger partial charge is 0.494 e. The van der Waals surface area contributed by atoms with E-state index in [-0.39, 0.29) is 0 Å². The van der Waals surface area contributed by atoms with Gasteiger partial charge in [-0.2, -0.15) is 10.4 Å². The Balaban J connectivity index is 1.27. The summed E-state index contributed by atoms with van der Waals surface area (Å²) in [4.78, 5) is 38.0. The first kappa shape index (κ1) is 26.6. The van der Waals surface area contributed by atoms with Crippen molar-refractivity contribution in [3.63, 3.8) is 0 Å². The number of ether oxygens (including phenoxy) is 2. The van der Waals surface area contributed by atoms with Crippen molar-refractivity contribution in [3.8, 4) is 17.6 Å². The van der Waals surface area contributed by atoms with Crippen LogP contribution < -0.4 is 20.2 Å². The maximum Gasteiger partial charge on any atom is 0.343 e. The summed E-state index contributed by atoms with van der Waals surface area (Å²) in [5.74, 6) is -1.32. The summed E-state index contributed by atoms with van der Waals surface area (Å²) in [7, 11) is 0. The minimum atomic E-state index is -0.951. The van der Waals surface area contributed by atoms with Crippen molar-refractivity contribution in [3.05, 3.63) is 75.7 Å². The predicted molar refractivity (Wildman–Crippen MR) is 144 cm³/mol. The number of nitriles is 1. The van der Waals surface area contributed by atoms with Gasteiger partial charge in [-0.25, -0.2) is 10.2 Å². The molecule has 2 aromatic carbocycles. The zero-order valence-corrected chi connectivity index (χ0v) is 21.6. The highest BCUT2D eigenvalue weighted by Crippen LogP contribution is 2.37. The van der Waals surface area contributed by atoms with Gasteiger partial charge in [0.25, 0.3) is 0 Å². The van der Waals surface area contributed by atoms with Gasteiger partial charge in [0.15, 0.2) is 0 Å². The number of hydrogen-bond donors (Lipinski definition) is 2. The Labute approximate surface area is 224 Å². The number of hydrazone groups is 1. The Kier molecular flexibility index (Phi) is 8.85. The van der Waals surface area contributed by atoms with Crippen molar-refractivity contribution in [2.24, 2.45) is 5.10 Å². The lowest BCUT2D eigenvalue weighted by Crippen LogP contribution is -2.32. The van der Waals surface area contributed by atoms with Gasteiger partial charge >= 0.3 is 17.8 Å². The standard InChI is InChI=1S/C28H26N4O5S/c1-2-15-36-20-13-9-19(10-14-20)28(35)37-21-11-7-18(8-12-21)17-30-32-26(34)25(33)31-27-23(16-29)22-5-3-4-6-24(22)38-27/h7-14,17H,2-6,15H2,1H3,(H,31,33)(H,32,34)/b30-17-. The normalized spacial score (nSPS) is 12.3. The first-order valence-corrected chi connectivity index (χ1v) is 13.0. The molecule has 2 amide bonds. The summed E-state index contributed by atoms with van der Waals surface area (Å²) in [6.07, 6.45) is 5.99. The van der Waals surface area contributed by atoms with E-state index >= 15 is 0 Å². The first-order valence-electron chi connectivity index (χ1n) is 12.2. The van der Waals surface area contributed by atoms with Crippen LogP contribution in [0.25, 0.3) is 0 Å². The van der Waals surface area contributed by atoms with Crippen LogP contribution in [0.15, 0.2) is 53.6 Å². The molecule has 0 aliphatic heterocycles. The van der Waals surface area contributed by atoms with Crippen LogP contribution in [0.2, 0.25) is 0 Å². The second kappa shape index (κ2) is 12.7. The fourth-order valence-corrected chi connectivity index (χ4v) is 5.08. The zero-order valence-electron chi connectivity index (χ0n) is 20.8. The highest BCUT2D eigenvalue weighted by Gasteiger charge is 2.23. The van der Waals surface area contributed by atoms with Gasteiger partial charge in [-0.1, -0.05) is 6.92 Å². The van der Waals surface area contributed by atoms with Crippen LogP contribution in [0.1, 0.15) is 58.1 Å². The van der Waals surface area contributed by atoms with Gasteiger partial charge < -0.3 is 14.8 Å². The van der Waals surface area contributed by atoms with Gasteiger partial charge in [0, 0.05) is 4.88 Å². The molecule has 0 saturated heterocycles. The Morgan fingerprint density at radius 2 is 1.74 bits per heavy atom. The van der Waals surface area contributed by atoms with Gasteiger partial charge in [0.2, 0.25) is 0 Å². The summed E-state index contributed by atoms with van der Waals surface area (Å²) in [5, 5.41) is 16.2. The Morgan fingerprint density at radius 3 is 2.45 bits per heavy atom. The fourth-order valence-electron chi connectivity index (χ4n) is 3.84. The molecule has 4 rings (SSSR count). The number of rotatable bonds is 8. The minimum absolute atomic E-state index is 0.341. The van der Waals surface area contributed by atoms with Crippen molar-refractivity contribution in [1.29, 1.82) is 5.26 Å². The number of benzene rings is 2. The van der Waals surface area contributed by atoms with Crippen LogP contribution in [-0.2, 0) is 22.4 Å². The van der Waals surface area contributed by atoms with Gasteiger partial charge in [0.1, 0.15) is 22.6 Å². The Hall–Kier alpha value is -4.49. The number of esters is 1. The van der Waals surface area contributed by atoms with E-state index in [9.17, 15) is 19.6 Å². The van der Waals surface area contributed by atoms with Gasteiger partial charge in [-0.3, -0.25) is 9.59 Å². The lowest BCUT2D eigenvalue weighted by molar-refractivity contribution is -0.136. The summed E-state index contributed by atoms with van der Waals surface area (Å²) >= 11 is 1.35. The molecule has 0 atom stereocenters. The third kappa shape index (κ3) is 6.63. The highest BCUT2D eigenvalue weighted by molar-refractivity contribution is 7.16. The van der Waals surface area contributed by atoms with Gasteiger partial charge in [-0.15, -0.1) is 11.3 Å². The quantitative estimate of drug-likeness (QED) is 0.144. The van der Waals surface area contributed by atoms with Crippen molar-refractivity contribution in [2.45, 2.75) is 39.0 Å². The number of nitrogens with zero attached hydrogens (tertiary/aromatic N) is 2. The molecule has 1 heterocycles. The average molecular weight is 531 g/mol. The van der Waals surface area contributed by atoms with Crippen molar-refractivity contribution in [1.82, 2.24) is 5.43 Å². The topological polar surface area (TPSA) is 130 Å². The second-order valence-electron chi connectivity index (χ2n) is 8.51. The zero-order chi connectivity index (χ0) is 26.9. The van der Waals surface area contributed by atoms with Crippen LogP contribution in [0.4, 0.5) is 5.00 Å². The monoisotopic (exact) mass is 530 g/mol. The summed E-state index contributed by atoms with van der Waals surface area (Å²) in [6, 6.07) is 15.3. The van der Waals surface area contributed by atoms with Crippen LogP contribution in [-0.4, -0.2) is 30.6 Å². The van der Waals surface area contributed by atoms with E-state index in [0.717, 1.165) is 42.5 Å². The number of aryl methyl sites for hydroxylation is 1. The molecular weight excluding hydrogens is 504 g/mol. The second-order valence-corrected chi connectivity index (χ2v) is 9.62. The molecule has 0 fully saturated rings. The van der Waals surface area contributed by atoms with Crippen LogP contribution in [0.3, 0.4) is 0 Å². The van der Waals surface area contributed by atoms with Gasteiger partial charge in [0.05, 0.1) is 23.9 Å². The molecule has 0 bridgehead atoms. The lowest BCUT2D eigenvalue weighted by Gasteiger charge is -2.09. The molecule has 0 saturated carbocycles.